The number of carbonyl (C=O) groups is 1. The minimum Gasteiger partial charge on any atom is -0.491 e. The predicted octanol–water partition coefficient (Wildman–Crippen LogP) is 1.97. The Balaban J connectivity index is 1.75. The summed E-state index contributed by atoms with van der Waals surface area (Å²) in [4.78, 5) is 11.4. The SMILES string of the molecule is Nc1ccc(OCCC(=O)NC2CC2)c(Cl)c1. The third-order valence-electron chi connectivity index (χ3n) is 2.49. The molecule has 0 aromatic heterocycles. The molecule has 0 spiro atoms. The van der Waals surface area contributed by atoms with E-state index in [-0.39, 0.29) is 5.91 Å². The molecule has 4 nitrogen and oxygen atoms in total. The van der Waals surface area contributed by atoms with E-state index in [1.54, 1.807) is 18.2 Å². The Morgan fingerprint density at radius 3 is 2.94 bits per heavy atom. The molecule has 0 radical (unpaired) electrons. The Bertz CT molecular complexity index is 419. The van der Waals surface area contributed by atoms with Gasteiger partial charge in [0.25, 0.3) is 0 Å². The molecule has 1 aromatic rings. The summed E-state index contributed by atoms with van der Waals surface area (Å²) >= 11 is 5.93. The van der Waals surface area contributed by atoms with Crippen LogP contribution in [0.3, 0.4) is 0 Å². The third-order valence-corrected chi connectivity index (χ3v) is 2.78. The standard InChI is InChI=1S/C12H15ClN2O2/c13-10-7-8(14)1-4-11(10)17-6-5-12(16)15-9-2-3-9/h1,4,7,9H,2-3,5-6,14H2,(H,15,16). The summed E-state index contributed by atoms with van der Waals surface area (Å²) in [5.74, 6) is 0.583. The fourth-order valence-corrected chi connectivity index (χ4v) is 1.66. The largest absolute Gasteiger partial charge is 0.491 e. The summed E-state index contributed by atoms with van der Waals surface area (Å²) in [6.07, 6.45) is 2.53. The normalized spacial score (nSPS) is 14.4. The van der Waals surface area contributed by atoms with Crippen molar-refractivity contribution in [2.24, 2.45) is 0 Å². The quantitative estimate of drug-likeness (QED) is 0.790. The van der Waals surface area contributed by atoms with Crippen LogP contribution in [0.5, 0.6) is 5.75 Å². The summed E-state index contributed by atoms with van der Waals surface area (Å²) in [5, 5.41) is 3.36. The van der Waals surface area contributed by atoms with Gasteiger partial charge in [0, 0.05) is 11.7 Å². The number of amides is 1. The molecule has 0 bridgehead atoms. The molecule has 1 fully saturated rings. The molecule has 1 amide bonds. The smallest absolute Gasteiger partial charge is 0.223 e. The molecule has 0 saturated heterocycles. The first-order valence-corrected chi connectivity index (χ1v) is 6.00. The van der Waals surface area contributed by atoms with Crippen molar-refractivity contribution >= 4 is 23.2 Å². The van der Waals surface area contributed by atoms with Crippen molar-refractivity contribution < 1.29 is 9.53 Å². The van der Waals surface area contributed by atoms with Gasteiger partial charge in [-0.25, -0.2) is 0 Å². The Kier molecular flexibility index (Phi) is 3.74. The minimum atomic E-state index is 0.0269. The van der Waals surface area contributed by atoms with Crippen LogP contribution < -0.4 is 15.8 Å². The zero-order valence-corrected chi connectivity index (χ0v) is 10.2. The van der Waals surface area contributed by atoms with Crippen molar-refractivity contribution in [3.05, 3.63) is 23.2 Å². The molecule has 1 aromatic carbocycles. The summed E-state index contributed by atoms with van der Waals surface area (Å²) in [6, 6.07) is 5.44. The van der Waals surface area contributed by atoms with Crippen molar-refractivity contribution in [1.82, 2.24) is 5.32 Å². The fraction of sp³-hybridized carbons (Fsp3) is 0.417. The van der Waals surface area contributed by atoms with E-state index in [0.29, 0.717) is 35.5 Å². The lowest BCUT2D eigenvalue weighted by atomic mass is 10.3. The number of carbonyl (C=O) groups excluding carboxylic acids is 1. The number of halogens is 1. The van der Waals surface area contributed by atoms with Crippen molar-refractivity contribution in [2.45, 2.75) is 25.3 Å². The van der Waals surface area contributed by atoms with Crippen LogP contribution in [0.25, 0.3) is 0 Å². The highest BCUT2D eigenvalue weighted by Crippen LogP contribution is 2.26. The Labute approximate surface area is 105 Å². The van der Waals surface area contributed by atoms with E-state index in [9.17, 15) is 4.79 Å². The van der Waals surface area contributed by atoms with Gasteiger partial charge >= 0.3 is 0 Å². The lowest BCUT2D eigenvalue weighted by Gasteiger charge is -2.08. The Morgan fingerprint density at radius 2 is 2.29 bits per heavy atom. The topological polar surface area (TPSA) is 64.3 Å². The van der Waals surface area contributed by atoms with Crippen molar-refractivity contribution in [2.75, 3.05) is 12.3 Å². The second-order valence-corrected chi connectivity index (χ2v) is 4.54. The van der Waals surface area contributed by atoms with Gasteiger partial charge in [0.15, 0.2) is 0 Å². The molecule has 1 aliphatic rings. The van der Waals surface area contributed by atoms with E-state index in [1.807, 2.05) is 0 Å². The summed E-state index contributed by atoms with van der Waals surface area (Å²) in [7, 11) is 0. The maximum atomic E-state index is 11.4. The molecule has 0 atom stereocenters. The molecule has 0 heterocycles. The molecule has 1 saturated carbocycles. The van der Waals surface area contributed by atoms with Gasteiger partial charge in [0.2, 0.25) is 5.91 Å². The second kappa shape index (κ2) is 5.27. The Morgan fingerprint density at radius 1 is 1.53 bits per heavy atom. The molecule has 92 valence electrons. The lowest BCUT2D eigenvalue weighted by molar-refractivity contribution is -0.121. The molecule has 1 aliphatic carbocycles. The van der Waals surface area contributed by atoms with Crippen LogP contribution in [0.15, 0.2) is 18.2 Å². The van der Waals surface area contributed by atoms with E-state index in [4.69, 9.17) is 22.1 Å². The van der Waals surface area contributed by atoms with Gasteiger partial charge in [-0.15, -0.1) is 0 Å². The van der Waals surface area contributed by atoms with Gasteiger partial charge in [-0.2, -0.15) is 0 Å². The van der Waals surface area contributed by atoms with E-state index in [0.717, 1.165) is 12.8 Å². The zero-order chi connectivity index (χ0) is 12.3. The molecule has 17 heavy (non-hydrogen) atoms. The van der Waals surface area contributed by atoms with E-state index in [1.165, 1.54) is 0 Å². The van der Waals surface area contributed by atoms with Gasteiger partial charge in [0.05, 0.1) is 18.1 Å². The van der Waals surface area contributed by atoms with Crippen LogP contribution in [0.2, 0.25) is 5.02 Å². The average molecular weight is 255 g/mol. The average Bonchev–Trinajstić information content (AvgIpc) is 3.05. The molecular weight excluding hydrogens is 240 g/mol. The van der Waals surface area contributed by atoms with Gasteiger partial charge in [-0.3, -0.25) is 4.79 Å². The van der Waals surface area contributed by atoms with Crippen LogP contribution in [0.4, 0.5) is 5.69 Å². The summed E-state index contributed by atoms with van der Waals surface area (Å²) in [6.45, 7) is 0.322. The number of benzene rings is 1. The van der Waals surface area contributed by atoms with Gasteiger partial charge < -0.3 is 15.8 Å². The third kappa shape index (κ3) is 3.82. The van der Waals surface area contributed by atoms with Gasteiger partial charge in [-0.1, -0.05) is 11.6 Å². The van der Waals surface area contributed by atoms with Crippen molar-refractivity contribution in [1.29, 1.82) is 0 Å². The van der Waals surface area contributed by atoms with E-state index < -0.39 is 0 Å². The zero-order valence-electron chi connectivity index (χ0n) is 9.41. The second-order valence-electron chi connectivity index (χ2n) is 4.13. The van der Waals surface area contributed by atoms with Crippen molar-refractivity contribution in [3.8, 4) is 5.75 Å². The fourth-order valence-electron chi connectivity index (χ4n) is 1.42. The number of anilines is 1. The summed E-state index contributed by atoms with van der Waals surface area (Å²) < 4.78 is 5.42. The summed E-state index contributed by atoms with van der Waals surface area (Å²) in [5.41, 5.74) is 6.15. The van der Waals surface area contributed by atoms with E-state index in [2.05, 4.69) is 5.32 Å². The lowest BCUT2D eigenvalue weighted by Crippen LogP contribution is -2.26. The van der Waals surface area contributed by atoms with Crippen LogP contribution in [-0.4, -0.2) is 18.6 Å². The van der Waals surface area contributed by atoms with Crippen molar-refractivity contribution in [3.63, 3.8) is 0 Å². The molecule has 0 aliphatic heterocycles. The highest BCUT2D eigenvalue weighted by Gasteiger charge is 2.22. The number of ether oxygens (including phenoxy) is 1. The molecule has 3 N–H and O–H groups in total. The minimum absolute atomic E-state index is 0.0269. The van der Waals surface area contributed by atoms with Crippen LogP contribution in [0, 0.1) is 0 Å². The van der Waals surface area contributed by atoms with Crippen LogP contribution in [-0.2, 0) is 4.79 Å². The van der Waals surface area contributed by atoms with E-state index >= 15 is 0 Å². The maximum Gasteiger partial charge on any atom is 0.223 e. The highest BCUT2D eigenvalue weighted by molar-refractivity contribution is 6.32. The first-order chi connectivity index (χ1) is 8.15. The molecule has 5 heteroatoms. The number of nitrogens with one attached hydrogen (secondary N) is 1. The Hall–Kier alpha value is -1.42. The number of hydrogen-bond acceptors (Lipinski definition) is 3. The van der Waals surface area contributed by atoms with Gasteiger partial charge in [-0.05, 0) is 31.0 Å². The predicted molar refractivity (Wildman–Crippen MR) is 67.1 cm³/mol. The van der Waals surface area contributed by atoms with Crippen LogP contribution in [0.1, 0.15) is 19.3 Å². The number of nitrogen functional groups attached to an aromatic ring is 1. The number of rotatable bonds is 5. The molecule has 0 unspecified atom stereocenters. The number of hydrogen-bond donors (Lipinski definition) is 2. The molecular formula is C12H15ClN2O2. The first kappa shape index (κ1) is 12.0. The monoisotopic (exact) mass is 254 g/mol. The molecule has 2 rings (SSSR count). The highest BCUT2D eigenvalue weighted by atomic mass is 35.5. The van der Waals surface area contributed by atoms with Crippen LogP contribution >= 0.6 is 11.6 Å². The maximum absolute atomic E-state index is 11.4. The first-order valence-electron chi connectivity index (χ1n) is 5.62. The number of nitrogens with two attached hydrogens (primary N) is 1. The van der Waals surface area contributed by atoms with Gasteiger partial charge in [0.1, 0.15) is 5.75 Å².